The summed E-state index contributed by atoms with van der Waals surface area (Å²) in [5, 5.41) is -0.168. The number of morpholine rings is 1. The van der Waals surface area contributed by atoms with Crippen LogP contribution in [0.5, 0.6) is 0 Å². The normalized spacial score (nSPS) is 15.9. The maximum Gasteiger partial charge on any atom is 0.416 e. The van der Waals surface area contributed by atoms with Crippen molar-refractivity contribution >= 4 is 22.8 Å². The smallest absolute Gasteiger partial charge is 0.379 e. The zero-order valence-corrected chi connectivity index (χ0v) is 20.6. The first-order valence-corrected chi connectivity index (χ1v) is 13.0. The van der Waals surface area contributed by atoms with Crippen molar-refractivity contribution in [2.45, 2.75) is 29.3 Å². The Morgan fingerprint density at radius 3 is 2.28 bits per heavy atom. The maximum atomic E-state index is 13.5. The predicted octanol–water partition coefficient (Wildman–Crippen LogP) is 6.66. The highest BCUT2D eigenvalue weighted by Gasteiger charge is 2.32. The number of ether oxygens (including phenoxy) is 1. The van der Waals surface area contributed by atoms with E-state index in [4.69, 9.17) is 9.72 Å². The van der Waals surface area contributed by atoms with E-state index in [9.17, 15) is 13.2 Å². The Labute approximate surface area is 213 Å². The molecule has 36 heavy (non-hydrogen) atoms. The number of rotatable bonds is 8. The van der Waals surface area contributed by atoms with Gasteiger partial charge in [-0.3, -0.25) is 4.90 Å². The van der Waals surface area contributed by atoms with Crippen molar-refractivity contribution in [1.82, 2.24) is 14.5 Å². The van der Waals surface area contributed by atoms with Crippen molar-refractivity contribution in [3.8, 4) is 0 Å². The highest BCUT2D eigenvalue weighted by atomic mass is 32.2. The molecular formula is C28H28F3N3OS. The highest BCUT2D eigenvalue weighted by molar-refractivity contribution is 7.99. The van der Waals surface area contributed by atoms with Crippen molar-refractivity contribution in [2.24, 2.45) is 0 Å². The summed E-state index contributed by atoms with van der Waals surface area (Å²) in [4.78, 5) is 8.28. The number of hydrogen-bond donors (Lipinski definition) is 0. The minimum absolute atomic E-state index is 0.168. The maximum absolute atomic E-state index is 13.5. The van der Waals surface area contributed by atoms with E-state index >= 15 is 0 Å². The summed E-state index contributed by atoms with van der Waals surface area (Å²) in [5.74, 6) is 0.770. The Balaban J connectivity index is 1.55. The molecule has 1 unspecified atom stereocenters. The SMILES string of the molecule is FC(F)(F)c1ccc2c(c1)nc(C(Sc1ccccc1)c1ccccc1)n2CCCN1CCOCC1. The zero-order valence-electron chi connectivity index (χ0n) is 19.8. The summed E-state index contributed by atoms with van der Waals surface area (Å²) in [6.07, 6.45) is -3.54. The average molecular weight is 512 g/mol. The van der Waals surface area contributed by atoms with Gasteiger partial charge in [0.1, 0.15) is 5.82 Å². The third-order valence-corrected chi connectivity index (χ3v) is 7.66. The number of alkyl halides is 3. The number of nitrogens with zero attached hydrogens (tertiary/aromatic N) is 3. The van der Waals surface area contributed by atoms with Gasteiger partial charge in [0.15, 0.2) is 0 Å². The number of aryl methyl sites for hydroxylation is 1. The highest BCUT2D eigenvalue weighted by Crippen LogP contribution is 2.41. The van der Waals surface area contributed by atoms with E-state index in [1.54, 1.807) is 17.8 Å². The van der Waals surface area contributed by atoms with Crippen LogP contribution in [0.25, 0.3) is 11.0 Å². The van der Waals surface area contributed by atoms with Gasteiger partial charge in [0, 0.05) is 31.1 Å². The summed E-state index contributed by atoms with van der Waals surface area (Å²) in [6, 6.07) is 24.0. The number of thioether (sulfide) groups is 1. The van der Waals surface area contributed by atoms with Crippen molar-refractivity contribution in [3.63, 3.8) is 0 Å². The van der Waals surface area contributed by atoms with E-state index in [2.05, 4.69) is 21.6 Å². The van der Waals surface area contributed by atoms with E-state index in [-0.39, 0.29) is 5.25 Å². The first-order chi connectivity index (χ1) is 17.5. The lowest BCUT2D eigenvalue weighted by molar-refractivity contribution is -0.137. The van der Waals surface area contributed by atoms with E-state index < -0.39 is 11.7 Å². The lowest BCUT2D eigenvalue weighted by Gasteiger charge is -2.27. The van der Waals surface area contributed by atoms with Gasteiger partial charge in [-0.25, -0.2) is 4.98 Å². The molecule has 2 heterocycles. The van der Waals surface area contributed by atoms with Crippen molar-refractivity contribution in [3.05, 3.63) is 95.8 Å². The van der Waals surface area contributed by atoms with Crippen LogP contribution in [0.15, 0.2) is 83.8 Å². The molecule has 1 atom stereocenters. The summed E-state index contributed by atoms with van der Waals surface area (Å²) >= 11 is 1.66. The standard InChI is InChI=1S/C28H28F3N3OS/c29-28(30,31)22-12-13-25-24(20-22)32-27(34(25)15-7-14-33-16-18-35-19-17-33)26(21-8-3-1-4-9-21)36-23-10-5-2-6-11-23/h1-6,8-13,20,26H,7,14-19H2. The van der Waals surface area contributed by atoms with Gasteiger partial charge < -0.3 is 9.30 Å². The summed E-state index contributed by atoms with van der Waals surface area (Å²) in [6.45, 7) is 4.87. The lowest BCUT2D eigenvalue weighted by atomic mass is 10.1. The number of imidazole rings is 1. The second-order valence-corrected chi connectivity index (χ2v) is 10.0. The Kier molecular flexibility index (Phi) is 7.65. The van der Waals surface area contributed by atoms with Gasteiger partial charge in [-0.2, -0.15) is 13.2 Å². The number of benzene rings is 3. The molecule has 0 radical (unpaired) electrons. The topological polar surface area (TPSA) is 30.3 Å². The molecular weight excluding hydrogens is 483 g/mol. The minimum Gasteiger partial charge on any atom is -0.379 e. The zero-order chi connectivity index (χ0) is 25.0. The fourth-order valence-corrected chi connectivity index (χ4v) is 5.73. The molecule has 3 aromatic carbocycles. The Morgan fingerprint density at radius 2 is 1.58 bits per heavy atom. The Morgan fingerprint density at radius 1 is 0.889 bits per heavy atom. The second-order valence-electron chi connectivity index (χ2n) is 8.85. The molecule has 1 saturated heterocycles. The van der Waals surface area contributed by atoms with Crippen molar-refractivity contribution < 1.29 is 17.9 Å². The first-order valence-electron chi connectivity index (χ1n) is 12.1. The molecule has 1 aliphatic rings. The molecule has 1 aromatic heterocycles. The van der Waals surface area contributed by atoms with Gasteiger partial charge in [-0.05, 0) is 42.3 Å². The number of fused-ring (bicyclic) bond motifs is 1. The van der Waals surface area contributed by atoms with Crippen molar-refractivity contribution in [2.75, 3.05) is 32.8 Å². The second kappa shape index (κ2) is 11.1. The summed E-state index contributed by atoms with van der Waals surface area (Å²) < 4.78 is 48.0. The number of aromatic nitrogens is 2. The predicted molar refractivity (Wildman–Crippen MR) is 137 cm³/mol. The molecule has 0 amide bonds. The van der Waals surface area contributed by atoms with Gasteiger partial charge in [0.05, 0.1) is 35.1 Å². The largest absolute Gasteiger partial charge is 0.416 e. The van der Waals surface area contributed by atoms with Gasteiger partial charge >= 0.3 is 6.18 Å². The molecule has 0 aliphatic carbocycles. The third-order valence-electron chi connectivity index (χ3n) is 6.40. The molecule has 4 nitrogen and oxygen atoms in total. The van der Waals surface area contributed by atoms with Crippen LogP contribution < -0.4 is 0 Å². The van der Waals surface area contributed by atoms with Crippen LogP contribution in [0.2, 0.25) is 0 Å². The van der Waals surface area contributed by atoms with Crippen LogP contribution in [0.1, 0.15) is 28.6 Å². The average Bonchev–Trinajstić information content (AvgIpc) is 3.26. The lowest BCUT2D eigenvalue weighted by Crippen LogP contribution is -2.37. The number of hydrogen-bond acceptors (Lipinski definition) is 4. The van der Waals surface area contributed by atoms with Crippen LogP contribution in [-0.4, -0.2) is 47.3 Å². The molecule has 5 rings (SSSR count). The Bertz CT molecular complexity index is 1270. The molecule has 0 saturated carbocycles. The fraction of sp³-hybridized carbons (Fsp3) is 0.321. The van der Waals surface area contributed by atoms with E-state index in [0.717, 1.165) is 67.1 Å². The molecule has 8 heteroatoms. The summed E-state index contributed by atoms with van der Waals surface area (Å²) in [7, 11) is 0. The van der Waals surface area contributed by atoms with E-state index in [1.807, 2.05) is 48.5 Å². The van der Waals surface area contributed by atoms with Crippen LogP contribution in [0, 0.1) is 0 Å². The number of halogens is 3. The molecule has 0 N–H and O–H groups in total. The van der Waals surface area contributed by atoms with Gasteiger partial charge in [-0.15, -0.1) is 11.8 Å². The van der Waals surface area contributed by atoms with Crippen molar-refractivity contribution in [1.29, 1.82) is 0 Å². The summed E-state index contributed by atoms with van der Waals surface area (Å²) in [5.41, 5.74) is 1.49. The Hall–Kier alpha value is -2.81. The van der Waals surface area contributed by atoms with Gasteiger partial charge in [-0.1, -0.05) is 48.5 Å². The molecule has 188 valence electrons. The first kappa shape index (κ1) is 24.9. The van der Waals surface area contributed by atoms with Crippen LogP contribution >= 0.6 is 11.8 Å². The molecule has 4 aromatic rings. The van der Waals surface area contributed by atoms with Crippen LogP contribution in [-0.2, 0) is 17.5 Å². The molecule has 1 aliphatic heterocycles. The third kappa shape index (κ3) is 5.77. The van der Waals surface area contributed by atoms with Crippen LogP contribution in [0.4, 0.5) is 13.2 Å². The van der Waals surface area contributed by atoms with Crippen LogP contribution in [0.3, 0.4) is 0 Å². The molecule has 0 spiro atoms. The molecule has 0 bridgehead atoms. The monoisotopic (exact) mass is 511 g/mol. The van der Waals surface area contributed by atoms with Gasteiger partial charge in [0.2, 0.25) is 0 Å². The quantitative estimate of drug-likeness (QED) is 0.248. The minimum atomic E-state index is -4.41. The van der Waals surface area contributed by atoms with E-state index in [0.29, 0.717) is 12.1 Å². The molecule has 1 fully saturated rings. The van der Waals surface area contributed by atoms with E-state index in [1.165, 1.54) is 6.07 Å². The van der Waals surface area contributed by atoms with Gasteiger partial charge in [0.25, 0.3) is 0 Å². The fourth-order valence-electron chi connectivity index (χ4n) is 4.57.